The highest BCUT2D eigenvalue weighted by Crippen LogP contribution is 2.33. The van der Waals surface area contributed by atoms with Gasteiger partial charge in [-0.05, 0) is 32.8 Å². The molecule has 1 heterocycles. The lowest BCUT2D eigenvalue weighted by molar-refractivity contribution is -0.00751. The van der Waals surface area contributed by atoms with Crippen LogP contribution in [0.3, 0.4) is 0 Å². The van der Waals surface area contributed by atoms with Crippen LogP contribution in [-0.4, -0.2) is 41.3 Å². The summed E-state index contributed by atoms with van der Waals surface area (Å²) in [6, 6.07) is 11.4. The van der Waals surface area contributed by atoms with Crippen molar-refractivity contribution in [1.29, 1.82) is 0 Å². The van der Waals surface area contributed by atoms with Gasteiger partial charge in [-0.15, -0.1) is 0 Å². The van der Waals surface area contributed by atoms with Crippen LogP contribution < -0.4 is 5.32 Å². The van der Waals surface area contributed by atoms with Crippen molar-refractivity contribution in [3.05, 3.63) is 35.9 Å². The van der Waals surface area contributed by atoms with Crippen molar-refractivity contribution >= 4 is 0 Å². The second kappa shape index (κ2) is 6.04. The molecule has 0 spiro atoms. The van der Waals surface area contributed by atoms with Gasteiger partial charge in [-0.2, -0.15) is 0 Å². The van der Waals surface area contributed by atoms with Crippen molar-refractivity contribution in [2.45, 2.75) is 44.8 Å². The van der Waals surface area contributed by atoms with E-state index in [1.165, 1.54) is 5.56 Å². The van der Waals surface area contributed by atoms with E-state index in [1.807, 2.05) is 0 Å². The second-order valence-electron chi connectivity index (χ2n) is 6.10. The Balaban J connectivity index is 2.25. The van der Waals surface area contributed by atoms with Crippen LogP contribution in [0.25, 0.3) is 0 Å². The Morgan fingerprint density at radius 2 is 2.05 bits per heavy atom. The number of aliphatic hydroxyl groups is 1. The largest absolute Gasteiger partial charge is 0.396 e. The topological polar surface area (TPSA) is 35.5 Å². The van der Waals surface area contributed by atoms with E-state index in [9.17, 15) is 5.11 Å². The first-order valence-electron chi connectivity index (χ1n) is 7.21. The first kappa shape index (κ1) is 14.5. The third-order valence-electron chi connectivity index (χ3n) is 4.19. The zero-order chi connectivity index (χ0) is 13.9. The highest BCUT2D eigenvalue weighted by Gasteiger charge is 2.39. The van der Waals surface area contributed by atoms with Gasteiger partial charge in [-0.3, -0.25) is 4.90 Å². The summed E-state index contributed by atoms with van der Waals surface area (Å²) in [7, 11) is 0. The van der Waals surface area contributed by atoms with Gasteiger partial charge in [-0.25, -0.2) is 0 Å². The zero-order valence-corrected chi connectivity index (χ0v) is 12.3. The van der Waals surface area contributed by atoms with Gasteiger partial charge in [0.15, 0.2) is 0 Å². The number of benzene rings is 1. The number of hydrogen-bond acceptors (Lipinski definition) is 3. The van der Waals surface area contributed by atoms with Crippen molar-refractivity contribution < 1.29 is 5.11 Å². The molecule has 106 valence electrons. The molecule has 3 heteroatoms. The summed E-state index contributed by atoms with van der Waals surface area (Å²) >= 11 is 0. The molecule has 0 aliphatic carbocycles. The molecule has 1 aliphatic rings. The highest BCUT2D eigenvalue weighted by molar-refractivity contribution is 5.19. The fourth-order valence-corrected chi connectivity index (χ4v) is 3.35. The standard InChI is InChI=1S/C16H26N2O/c1-13(14-7-5-4-6-8-14)18-15(9-10-19)11-17-12-16(18,2)3/h4-8,13,15,17,19H,9-12H2,1-3H3. The minimum atomic E-state index is 0.105. The second-order valence-corrected chi connectivity index (χ2v) is 6.10. The predicted molar refractivity (Wildman–Crippen MR) is 79.1 cm³/mol. The van der Waals surface area contributed by atoms with Gasteiger partial charge in [0.2, 0.25) is 0 Å². The highest BCUT2D eigenvalue weighted by atomic mass is 16.3. The maximum atomic E-state index is 9.30. The van der Waals surface area contributed by atoms with E-state index >= 15 is 0 Å². The van der Waals surface area contributed by atoms with Crippen molar-refractivity contribution in [3.8, 4) is 0 Å². The maximum Gasteiger partial charge on any atom is 0.0446 e. The summed E-state index contributed by atoms with van der Waals surface area (Å²) in [6.07, 6.45) is 0.827. The van der Waals surface area contributed by atoms with Crippen molar-refractivity contribution in [2.24, 2.45) is 0 Å². The SMILES string of the molecule is CC(c1ccccc1)N1C(CCO)CNCC1(C)C. The molecule has 3 nitrogen and oxygen atoms in total. The first-order valence-corrected chi connectivity index (χ1v) is 7.21. The molecule has 2 atom stereocenters. The summed E-state index contributed by atoms with van der Waals surface area (Å²) < 4.78 is 0. The molecule has 1 aromatic rings. The Bertz CT molecular complexity index is 389. The Kier molecular flexibility index (Phi) is 4.61. The van der Waals surface area contributed by atoms with E-state index in [2.05, 4.69) is 61.3 Å². The molecule has 2 unspecified atom stereocenters. The predicted octanol–water partition coefficient (Wildman–Crippen LogP) is 2.18. The van der Waals surface area contributed by atoms with Gasteiger partial charge in [0.25, 0.3) is 0 Å². The average molecular weight is 262 g/mol. The van der Waals surface area contributed by atoms with E-state index in [1.54, 1.807) is 0 Å². The lowest BCUT2D eigenvalue weighted by atomic mass is 9.90. The van der Waals surface area contributed by atoms with Crippen molar-refractivity contribution in [2.75, 3.05) is 19.7 Å². The molecular formula is C16H26N2O. The first-order chi connectivity index (χ1) is 9.06. The van der Waals surface area contributed by atoms with Crippen molar-refractivity contribution in [3.63, 3.8) is 0 Å². The van der Waals surface area contributed by atoms with Crippen LogP contribution in [0.1, 0.15) is 38.8 Å². The average Bonchev–Trinajstić information content (AvgIpc) is 2.39. The summed E-state index contributed by atoms with van der Waals surface area (Å²) in [5.74, 6) is 0. The molecule has 1 fully saturated rings. The van der Waals surface area contributed by atoms with E-state index < -0.39 is 0 Å². The molecule has 2 rings (SSSR count). The Morgan fingerprint density at radius 1 is 1.37 bits per heavy atom. The van der Waals surface area contributed by atoms with Crippen LogP contribution in [0.5, 0.6) is 0 Å². The fourth-order valence-electron chi connectivity index (χ4n) is 3.35. The minimum absolute atomic E-state index is 0.105. The number of nitrogens with zero attached hydrogens (tertiary/aromatic N) is 1. The van der Waals surface area contributed by atoms with E-state index in [0.29, 0.717) is 12.1 Å². The van der Waals surface area contributed by atoms with Gasteiger partial charge in [0, 0.05) is 37.3 Å². The van der Waals surface area contributed by atoms with E-state index in [4.69, 9.17) is 0 Å². The van der Waals surface area contributed by atoms with E-state index in [0.717, 1.165) is 19.5 Å². The Labute approximate surface area is 116 Å². The third-order valence-corrected chi connectivity index (χ3v) is 4.19. The summed E-state index contributed by atoms with van der Waals surface area (Å²) in [5.41, 5.74) is 1.45. The molecule has 2 N–H and O–H groups in total. The molecule has 0 bridgehead atoms. The molecule has 1 aromatic carbocycles. The van der Waals surface area contributed by atoms with Gasteiger partial charge >= 0.3 is 0 Å². The monoisotopic (exact) mass is 262 g/mol. The van der Waals surface area contributed by atoms with Crippen LogP contribution in [-0.2, 0) is 0 Å². The number of piperazine rings is 1. The minimum Gasteiger partial charge on any atom is -0.396 e. The number of aliphatic hydroxyl groups excluding tert-OH is 1. The fraction of sp³-hybridized carbons (Fsp3) is 0.625. The maximum absolute atomic E-state index is 9.30. The quantitative estimate of drug-likeness (QED) is 0.873. The lowest BCUT2D eigenvalue weighted by Crippen LogP contribution is -2.63. The molecule has 1 aliphatic heterocycles. The van der Waals surface area contributed by atoms with Gasteiger partial charge in [-0.1, -0.05) is 30.3 Å². The summed E-state index contributed by atoms with van der Waals surface area (Å²) in [6.45, 7) is 9.03. The Morgan fingerprint density at radius 3 is 2.68 bits per heavy atom. The van der Waals surface area contributed by atoms with E-state index in [-0.39, 0.29) is 12.1 Å². The van der Waals surface area contributed by atoms with Crippen molar-refractivity contribution in [1.82, 2.24) is 10.2 Å². The van der Waals surface area contributed by atoms with Gasteiger partial charge in [0.1, 0.15) is 0 Å². The summed E-state index contributed by atoms with van der Waals surface area (Å²) in [4.78, 5) is 2.56. The molecule has 19 heavy (non-hydrogen) atoms. The lowest BCUT2D eigenvalue weighted by Gasteiger charge is -2.51. The van der Waals surface area contributed by atoms with Gasteiger partial charge in [0.05, 0.1) is 0 Å². The normalized spacial score (nSPS) is 25.2. The molecular weight excluding hydrogens is 236 g/mol. The molecule has 0 aromatic heterocycles. The molecule has 0 amide bonds. The number of nitrogens with one attached hydrogen (secondary N) is 1. The van der Waals surface area contributed by atoms with Crippen LogP contribution in [0, 0.1) is 0 Å². The van der Waals surface area contributed by atoms with Crippen LogP contribution in [0.15, 0.2) is 30.3 Å². The van der Waals surface area contributed by atoms with Crippen LogP contribution in [0.4, 0.5) is 0 Å². The smallest absolute Gasteiger partial charge is 0.0446 e. The van der Waals surface area contributed by atoms with Crippen LogP contribution in [0.2, 0.25) is 0 Å². The molecule has 1 saturated heterocycles. The summed E-state index contributed by atoms with van der Waals surface area (Å²) in [5, 5.41) is 12.8. The van der Waals surface area contributed by atoms with Crippen LogP contribution >= 0.6 is 0 Å². The number of rotatable bonds is 4. The third kappa shape index (κ3) is 3.16. The molecule has 0 saturated carbocycles. The Hall–Kier alpha value is -0.900. The zero-order valence-electron chi connectivity index (χ0n) is 12.3. The molecule has 0 radical (unpaired) electrons. The number of hydrogen-bond donors (Lipinski definition) is 2. The van der Waals surface area contributed by atoms with Gasteiger partial charge < -0.3 is 10.4 Å².